The van der Waals surface area contributed by atoms with E-state index in [0.29, 0.717) is 11.7 Å². The van der Waals surface area contributed by atoms with Gasteiger partial charge in [-0.15, -0.1) is 11.3 Å². The Morgan fingerprint density at radius 1 is 1.46 bits per heavy atom. The lowest BCUT2D eigenvalue weighted by molar-refractivity contribution is -0.139. The molecule has 0 aromatic carbocycles. The average Bonchev–Trinajstić information content (AvgIpc) is 2.94. The van der Waals surface area contributed by atoms with Gasteiger partial charge in [-0.1, -0.05) is 0 Å². The summed E-state index contributed by atoms with van der Waals surface area (Å²) in [7, 11) is 0. The second-order valence-corrected chi connectivity index (χ2v) is 7.50. The van der Waals surface area contributed by atoms with Crippen LogP contribution in [0.2, 0.25) is 0 Å². The van der Waals surface area contributed by atoms with Gasteiger partial charge in [0.05, 0.1) is 16.9 Å². The van der Waals surface area contributed by atoms with Gasteiger partial charge < -0.3 is 9.64 Å². The molecular formula is C18H23N3O2S. The van der Waals surface area contributed by atoms with E-state index in [1.165, 1.54) is 4.88 Å². The first-order chi connectivity index (χ1) is 11.5. The number of hydrogen-bond donors (Lipinski definition) is 0. The molecular weight excluding hydrogens is 322 g/mol. The maximum atomic E-state index is 12.7. The Labute approximate surface area is 146 Å². The first kappa shape index (κ1) is 16.9. The first-order valence-electron chi connectivity index (χ1n) is 8.34. The zero-order valence-electron chi connectivity index (χ0n) is 14.4. The van der Waals surface area contributed by atoms with E-state index in [-0.39, 0.29) is 5.91 Å². The van der Waals surface area contributed by atoms with Crippen LogP contribution in [0.5, 0.6) is 5.75 Å². The van der Waals surface area contributed by atoms with E-state index >= 15 is 0 Å². The number of ether oxygens (including phenoxy) is 1. The monoisotopic (exact) mass is 345 g/mol. The molecule has 0 unspecified atom stereocenters. The molecule has 2 aromatic heterocycles. The van der Waals surface area contributed by atoms with Crippen molar-refractivity contribution in [2.75, 3.05) is 13.1 Å². The van der Waals surface area contributed by atoms with Gasteiger partial charge in [0.25, 0.3) is 5.91 Å². The fourth-order valence-corrected chi connectivity index (χ4v) is 4.03. The van der Waals surface area contributed by atoms with Crippen LogP contribution in [0.3, 0.4) is 0 Å². The van der Waals surface area contributed by atoms with Gasteiger partial charge in [-0.3, -0.25) is 9.78 Å². The van der Waals surface area contributed by atoms with Crippen molar-refractivity contribution in [2.45, 2.75) is 45.6 Å². The molecule has 0 N–H and O–H groups in total. The van der Waals surface area contributed by atoms with Crippen LogP contribution in [-0.2, 0) is 4.79 Å². The molecule has 0 bridgehead atoms. The summed E-state index contributed by atoms with van der Waals surface area (Å²) in [4.78, 5) is 24.6. The Kier molecular flexibility index (Phi) is 5.14. The molecule has 0 aliphatic carbocycles. The number of pyridine rings is 1. The third kappa shape index (κ3) is 3.75. The molecule has 2 atom stereocenters. The van der Waals surface area contributed by atoms with Crippen molar-refractivity contribution in [1.82, 2.24) is 14.9 Å². The average molecular weight is 345 g/mol. The Morgan fingerprint density at radius 2 is 2.29 bits per heavy atom. The molecule has 0 saturated carbocycles. The molecule has 6 heteroatoms. The molecule has 3 heterocycles. The summed E-state index contributed by atoms with van der Waals surface area (Å²) in [6.07, 6.45) is 4.91. The van der Waals surface area contributed by atoms with Gasteiger partial charge >= 0.3 is 0 Å². The quantitative estimate of drug-likeness (QED) is 0.853. The second-order valence-electron chi connectivity index (χ2n) is 6.27. The third-order valence-corrected chi connectivity index (χ3v) is 5.66. The van der Waals surface area contributed by atoms with Crippen LogP contribution in [0.1, 0.15) is 41.3 Å². The van der Waals surface area contributed by atoms with Crippen LogP contribution >= 0.6 is 11.3 Å². The van der Waals surface area contributed by atoms with Crippen molar-refractivity contribution in [1.29, 1.82) is 0 Å². The molecule has 1 aliphatic heterocycles. The summed E-state index contributed by atoms with van der Waals surface area (Å²) in [6.45, 7) is 7.47. The highest BCUT2D eigenvalue weighted by Crippen LogP contribution is 2.31. The molecule has 24 heavy (non-hydrogen) atoms. The Hall–Kier alpha value is -1.95. The topological polar surface area (TPSA) is 55.3 Å². The van der Waals surface area contributed by atoms with Crippen LogP contribution in [-0.4, -0.2) is 40.0 Å². The molecule has 1 aliphatic rings. The van der Waals surface area contributed by atoms with Crippen molar-refractivity contribution in [3.8, 4) is 5.75 Å². The van der Waals surface area contributed by atoms with Gasteiger partial charge in [-0.2, -0.15) is 0 Å². The normalized spacial score (nSPS) is 19.1. The van der Waals surface area contributed by atoms with E-state index in [9.17, 15) is 4.79 Å². The SMILES string of the molecule is Cc1nc([C@@H]2CCCN(C(=O)[C@@H](C)Oc3cccnc3)C2)sc1C. The van der Waals surface area contributed by atoms with Gasteiger partial charge in [0.2, 0.25) is 0 Å². The number of aromatic nitrogens is 2. The van der Waals surface area contributed by atoms with Crippen molar-refractivity contribution >= 4 is 17.2 Å². The number of carbonyl (C=O) groups excluding carboxylic acids is 1. The number of piperidine rings is 1. The highest BCUT2D eigenvalue weighted by Gasteiger charge is 2.30. The van der Waals surface area contributed by atoms with Gasteiger partial charge in [0.1, 0.15) is 5.75 Å². The van der Waals surface area contributed by atoms with Gasteiger partial charge in [0.15, 0.2) is 6.10 Å². The summed E-state index contributed by atoms with van der Waals surface area (Å²) in [5, 5.41) is 1.16. The van der Waals surface area contributed by atoms with Gasteiger partial charge in [-0.05, 0) is 45.7 Å². The number of hydrogen-bond acceptors (Lipinski definition) is 5. The number of nitrogens with zero attached hydrogens (tertiary/aromatic N) is 3. The van der Waals surface area contributed by atoms with Gasteiger partial charge in [-0.25, -0.2) is 4.98 Å². The molecule has 5 nitrogen and oxygen atoms in total. The predicted molar refractivity (Wildman–Crippen MR) is 94.5 cm³/mol. The molecule has 3 rings (SSSR count). The molecule has 1 saturated heterocycles. The van der Waals surface area contributed by atoms with E-state index in [1.54, 1.807) is 36.7 Å². The Balaban J connectivity index is 1.64. The Bertz CT molecular complexity index is 682. The van der Waals surface area contributed by atoms with Gasteiger partial charge in [0, 0.05) is 30.1 Å². The maximum absolute atomic E-state index is 12.7. The largest absolute Gasteiger partial charge is 0.479 e. The minimum Gasteiger partial charge on any atom is -0.479 e. The van der Waals surface area contributed by atoms with Crippen molar-refractivity contribution in [3.05, 3.63) is 40.1 Å². The number of likely N-dealkylation sites (tertiary alicyclic amines) is 1. The lowest BCUT2D eigenvalue weighted by Crippen LogP contribution is -2.45. The van der Waals surface area contributed by atoms with E-state index < -0.39 is 6.10 Å². The summed E-state index contributed by atoms with van der Waals surface area (Å²) in [5.41, 5.74) is 1.10. The van der Waals surface area contributed by atoms with E-state index in [2.05, 4.69) is 16.9 Å². The fourth-order valence-electron chi connectivity index (χ4n) is 2.98. The maximum Gasteiger partial charge on any atom is 0.263 e. The third-order valence-electron chi connectivity index (χ3n) is 4.42. The van der Waals surface area contributed by atoms with Crippen LogP contribution in [0.25, 0.3) is 0 Å². The van der Waals surface area contributed by atoms with Crippen molar-refractivity contribution in [2.24, 2.45) is 0 Å². The lowest BCUT2D eigenvalue weighted by atomic mass is 9.98. The smallest absolute Gasteiger partial charge is 0.263 e. The summed E-state index contributed by atoms with van der Waals surface area (Å²) < 4.78 is 5.73. The number of amides is 1. The van der Waals surface area contributed by atoms with Crippen molar-refractivity contribution in [3.63, 3.8) is 0 Å². The number of carbonyl (C=O) groups is 1. The predicted octanol–water partition coefficient (Wildman–Crippen LogP) is 3.33. The zero-order valence-corrected chi connectivity index (χ0v) is 15.2. The highest BCUT2D eigenvalue weighted by atomic mass is 32.1. The lowest BCUT2D eigenvalue weighted by Gasteiger charge is -2.33. The Morgan fingerprint density at radius 3 is 2.96 bits per heavy atom. The summed E-state index contributed by atoms with van der Waals surface area (Å²) in [6, 6.07) is 3.62. The van der Waals surface area contributed by atoms with Crippen LogP contribution in [0.4, 0.5) is 0 Å². The first-order valence-corrected chi connectivity index (χ1v) is 9.15. The number of thiazole rings is 1. The molecule has 0 radical (unpaired) electrons. The molecule has 1 amide bonds. The summed E-state index contributed by atoms with van der Waals surface area (Å²) >= 11 is 1.76. The minimum absolute atomic E-state index is 0.0357. The standard InChI is InChI=1S/C18H23N3O2S/c1-12-14(3)24-17(20-12)15-6-5-9-21(11-15)18(22)13(2)23-16-7-4-8-19-10-16/h4,7-8,10,13,15H,5-6,9,11H2,1-3H3/t13-,15-/m1/s1. The van der Waals surface area contributed by atoms with E-state index in [4.69, 9.17) is 4.74 Å². The van der Waals surface area contributed by atoms with Crippen molar-refractivity contribution < 1.29 is 9.53 Å². The number of rotatable bonds is 4. The minimum atomic E-state index is -0.507. The van der Waals surface area contributed by atoms with Crippen LogP contribution in [0, 0.1) is 13.8 Å². The second kappa shape index (κ2) is 7.30. The number of aryl methyl sites for hydroxylation is 2. The van der Waals surface area contributed by atoms with Crippen LogP contribution in [0.15, 0.2) is 24.5 Å². The highest BCUT2D eigenvalue weighted by molar-refractivity contribution is 7.11. The molecule has 1 fully saturated rings. The molecule has 2 aromatic rings. The van der Waals surface area contributed by atoms with E-state index in [0.717, 1.165) is 36.6 Å². The molecule has 128 valence electrons. The summed E-state index contributed by atoms with van der Waals surface area (Å²) in [5.74, 6) is 0.998. The molecule has 0 spiro atoms. The van der Waals surface area contributed by atoms with E-state index in [1.807, 2.05) is 17.9 Å². The van der Waals surface area contributed by atoms with Crippen LogP contribution < -0.4 is 4.74 Å². The zero-order chi connectivity index (χ0) is 17.1. The fraction of sp³-hybridized carbons (Fsp3) is 0.500.